The number of nitrogens with one attached hydrogen (secondary N) is 1. The van der Waals surface area contributed by atoms with Crippen LogP contribution >= 0.6 is 21.6 Å². The van der Waals surface area contributed by atoms with Crippen molar-refractivity contribution in [2.45, 2.75) is 51.4 Å². The summed E-state index contributed by atoms with van der Waals surface area (Å²) in [4.78, 5) is 50.9. The van der Waals surface area contributed by atoms with E-state index in [1.165, 1.54) is 12.2 Å². The lowest BCUT2D eigenvalue weighted by Crippen LogP contribution is -2.42. The predicted octanol–water partition coefficient (Wildman–Crippen LogP) is 3.98. The van der Waals surface area contributed by atoms with Gasteiger partial charge in [-0.25, -0.2) is 4.79 Å². The molecule has 9 nitrogen and oxygen atoms in total. The summed E-state index contributed by atoms with van der Waals surface area (Å²) in [6.07, 6.45) is 4.04. The number of amides is 4. The van der Waals surface area contributed by atoms with Gasteiger partial charge in [0, 0.05) is 49.3 Å². The van der Waals surface area contributed by atoms with Crippen LogP contribution in [0.25, 0.3) is 0 Å². The van der Waals surface area contributed by atoms with Gasteiger partial charge in [0.25, 0.3) is 11.8 Å². The summed E-state index contributed by atoms with van der Waals surface area (Å²) in [6, 6.07) is 7.25. The van der Waals surface area contributed by atoms with Gasteiger partial charge >= 0.3 is 6.09 Å². The van der Waals surface area contributed by atoms with Gasteiger partial charge in [-0.15, -0.1) is 0 Å². The lowest BCUT2D eigenvalue weighted by atomic mass is 10.1. The number of ether oxygens (including phenoxy) is 2. The van der Waals surface area contributed by atoms with Gasteiger partial charge in [-0.1, -0.05) is 47.1 Å². The maximum absolute atomic E-state index is 12.7. The number of rotatable bonds is 15. The summed E-state index contributed by atoms with van der Waals surface area (Å²) in [7, 11) is 4.77. The molecule has 36 heavy (non-hydrogen) atoms. The van der Waals surface area contributed by atoms with E-state index in [2.05, 4.69) is 12.2 Å². The minimum Gasteiger partial charge on any atom is -0.410 e. The topological polar surface area (TPSA) is 105 Å². The molecule has 0 atom stereocenters. The normalized spacial score (nSPS) is 13.3. The number of hydrogen-bond donors (Lipinski definition) is 1. The minimum atomic E-state index is -0.432. The number of benzene rings is 1. The summed E-state index contributed by atoms with van der Waals surface area (Å²) >= 11 is 0. The average Bonchev–Trinajstić information content (AvgIpc) is 3.15. The van der Waals surface area contributed by atoms with Gasteiger partial charge in [-0.05, 0) is 38.0 Å². The van der Waals surface area contributed by atoms with E-state index in [0.29, 0.717) is 31.2 Å². The highest BCUT2D eigenvalue weighted by Gasteiger charge is 2.27. The van der Waals surface area contributed by atoms with Crippen LogP contribution in [-0.4, -0.2) is 71.0 Å². The van der Waals surface area contributed by atoms with Crippen LogP contribution in [0.3, 0.4) is 0 Å². The second-order valence-corrected chi connectivity index (χ2v) is 11.9. The monoisotopic (exact) mass is 537 g/mol. The third kappa shape index (κ3) is 10.2. The van der Waals surface area contributed by atoms with E-state index in [4.69, 9.17) is 9.47 Å². The molecule has 0 aromatic heterocycles. The van der Waals surface area contributed by atoms with Gasteiger partial charge in [0.05, 0.1) is 6.61 Å². The van der Waals surface area contributed by atoms with Gasteiger partial charge < -0.3 is 19.7 Å². The van der Waals surface area contributed by atoms with Crippen LogP contribution in [0.4, 0.5) is 4.79 Å². The summed E-state index contributed by atoms with van der Waals surface area (Å²) in [5, 5.41) is 2.63. The molecule has 1 aliphatic heterocycles. The quantitative estimate of drug-likeness (QED) is 0.204. The molecule has 198 valence electrons. The smallest absolute Gasteiger partial charge is 0.410 e. The standard InChI is InChI=1S/C25H35N3O6S2/c1-5-6-13-27(24(32)34-20-9-7-19(8-10-20)17-33-4)14-15-35-36-25(2,3)16-21(29)26-18-28-22(30)11-12-23(28)31/h7-12H,5-6,13-18H2,1-4H3,(H,26,29). The fourth-order valence-corrected chi connectivity index (χ4v) is 5.71. The van der Waals surface area contributed by atoms with Crippen LogP contribution in [0.1, 0.15) is 45.6 Å². The summed E-state index contributed by atoms with van der Waals surface area (Å²) in [5.41, 5.74) is 1.000. The fraction of sp³-hybridized carbons (Fsp3) is 0.520. The molecule has 0 aliphatic carbocycles. The van der Waals surface area contributed by atoms with E-state index < -0.39 is 11.8 Å². The molecule has 0 bridgehead atoms. The minimum absolute atomic E-state index is 0.138. The van der Waals surface area contributed by atoms with Crippen LogP contribution < -0.4 is 10.1 Å². The Morgan fingerprint density at radius 2 is 1.75 bits per heavy atom. The molecule has 1 aromatic rings. The van der Waals surface area contributed by atoms with Crippen molar-refractivity contribution in [1.29, 1.82) is 0 Å². The third-order valence-electron chi connectivity index (χ3n) is 5.13. The van der Waals surface area contributed by atoms with Crippen molar-refractivity contribution in [2.24, 2.45) is 0 Å². The number of carbonyl (C=O) groups is 4. The number of imide groups is 1. The first kappa shape index (κ1) is 29.7. The van der Waals surface area contributed by atoms with E-state index in [1.54, 1.807) is 45.7 Å². The van der Waals surface area contributed by atoms with Gasteiger partial charge in [-0.2, -0.15) is 0 Å². The average molecular weight is 538 g/mol. The lowest BCUT2D eigenvalue weighted by Gasteiger charge is -2.25. The zero-order chi connectivity index (χ0) is 26.6. The second-order valence-electron chi connectivity index (χ2n) is 8.82. The fourth-order valence-electron chi connectivity index (χ4n) is 3.21. The Bertz CT molecular complexity index is 918. The molecule has 0 fully saturated rings. The molecular weight excluding hydrogens is 502 g/mol. The van der Waals surface area contributed by atoms with E-state index in [-0.39, 0.29) is 29.8 Å². The first-order valence-corrected chi connectivity index (χ1v) is 14.1. The van der Waals surface area contributed by atoms with E-state index >= 15 is 0 Å². The Hall–Kier alpha value is -2.50. The zero-order valence-electron chi connectivity index (χ0n) is 21.3. The number of methoxy groups -OCH3 is 1. The zero-order valence-corrected chi connectivity index (χ0v) is 22.9. The Balaban J connectivity index is 1.76. The van der Waals surface area contributed by atoms with Gasteiger partial charge in [-0.3, -0.25) is 19.3 Å². The maximum atomic E-state index is 12.7. The molecule has 1 aromatic carbocycles. The van der Waals surface area contributed by atoms with Crippen LogP contribution in [0.2, 0.25) is 0 Å². The van der Waals surface area contributed by atoms with Crippen molar-refractivity contribution in [2.75, 3.05) is 32.6 Å². The van der Waals surface area contributed by atoms with Crippen molar-refractivity contribution < 1.29 is 28.7 Å². The summed E-state index contributed by atoms with van der Waals surface area (Å²) in [6.45, 7) is 7.47. The van der Waals surface area contributed by atoms with E-state index in [0.717, 1.165) is 23.3 Å². The molecule has 2 rings (SSSR count). The number of hydrogen-bond acceptors (Lipinski definition) is 8. The van der Waals surface area contributed by atoms with Gasteiger partial charge in [0.1, 0.15) is 12.4 Å². The molecule has 0 unspecified atom stereocenters. The highest BCUT2D eigenvalue weighted by molar-refractivity contribution is 8.77. The number of carbonyl (C=O) groups excluding carboxylic acids is 4. The first-order valence-electron chi connectivity index (χ1n) is 11.8. The summed E-state index contributed by atoms with van der Waals surface area (Å²) < 4.78 is 10.3. The van der Waals surface area contributed by atoms with Crippen LogP contribution in [-0.2, 0) is 25.7 Å². The van der Waals surface area contributed by atoms with Crippen molar-refractivity contribution in [3.8, 4) is 5.75 Å². The van der Waals surface area contributed by atoms with Crippen LogP contribution in [0.5, 0.6) is 5.75 Å². The Kier molecular flexibility index (Phi) is 12.3. The van der Waals surface area contributed by atoms with Crippen LogP contribution in [0, 0.1) is 0 Å². The van der Waals surface area contributed by atoms with Gasteiger partial charge in [0.2, 0.25) is 5.91 Å². The van der Waals surface area contributed by atoms with Crippen molar-refractivity contribution >= 4 is 45.4 Å². The summed E-state index contributed by atoms with van der Waals surface area (Å²) in [5.74, 6) is 0.0513. The largest absolute Gasteiger partial charge is 0.415 e. The number of nitrogens with zero attached hydrogens (tertiary/aromatic N) is 2. The molecule has 4 amide bonds. The molecule has 0 spiro atoms. The highest BCUT2D eigenvalue weighted by atomic mass is 33.1. The number of unbranched alkanes of at least 4 members (excludes halogenated alkanes) is 1. The third-order valence-corrected chi connectivity index (χ3v) is 8.40. The Morgan fingerprint density at radius 3 is 2.36 bits per heavy atom. The molecule has 0 saturated heterocycles. The van der Waals surface area contributed by atoms with Crippen molar-refractivity contribution in [3.05, 3.63) is 42.0 Å². The molecule has 11 heteroatoms. The maximum Gasteiger partial charge on any atom is 0.415 e. The predicted molar refractivity (Wildman–Crippen MR) is 142 cm³/mol. The highest BCUT2D eigenvalue weighted by Crippen LogP contribution is 2.38. The molecule has 1 N–H and O–H groups in total. The second kappa shape index (κ2) is 14.9. The van der Waals surface area contributed by atoms with Crippen molar-refractivity contribution in [3.63, 3.8) is 0 Å². The van der Waals surface area contributed by atoms with Gasteiger partial charge in [0.15, 0.2) is 0 Å². The van der Waals surface area contributed by atoms with Crippen molar-refractivity contribution in [1.82, 2.24) is 15.1 Å². The van der Waals surface area contributed by atoms with E-state index in [1.807, 2.05) is 26.0 Å². The lowest BCUT2D eigenvalue weighted by molar-refractivity contribution is -0.137. The Labute approximate surface area is 220 Å². The molecule has 0 radical (unpaired) electrons. The molecular formula is C25H35N3O6S2. The Morgan fingerprint density at radius 1 is 1.08 bits per heavy atom. The molecule has 1 heterocycles. The SMILES string of the molecule is CCCCN(CCSSC(C)(C)CC(=O)NCN1C(=O)C=CC1=O)C(=O)Oc1ccc(COC)cc1. The van der Waals surface area contributed by atoms with Crippen LogP contribution in [0.15, 0.2) is 36.4 Å². The van der Waals surface area contributed by atoms with E-state index in [9.17, 15) is 19.2 Å². The molecule has 0 saturated carbocycles. The molecule has 1 aliphatic rings. The first-order chi connectivity index (χ1) is 17.1.